The van der Waals surface area contributed by atoms with E-state index in [9.17, 15) is 5.11 Å². The molecule has 1 aliphatic carbocycles. The van der Waals surface area contributed by atoms with Crippen molar-refractivity contribution in [2.24, 2.45) is 17.8 Å². The van der Waals surface area contributed by atoms with Gasteiger partial charge >= 0.3 is 0 Å². The van der Waals surface area contributed by atoms with E-state index in [2.05, 4.69) is 13.8 Å². The van der Waals surface area contributed by atoms with Gasteiger partial charge in [0, 0.05) is 50.5 Å². The Bertz CT molecular complexity index is 256. The number of hydrogen-bond acceptors (Lipinski definition) is 3. The van der Waals surface area contributed by atoms with Gasteiger partial charge in [0.25, 0.3) is 0 Å². The van der Waals surface area contributed by atoms with Gasteiger partial charge < -0.3 is 14.6 Å². The van der Waals surface area contributed by atoms with Crippen LogP contribution in [-0.4, -0.2) is 30.7 Å². The van der Waals surface area contributed by atoms with Gasteiger partial charge in [0.15, 0.2) is 6.29 Å². The van der Waals surface area contributed by atoms with Crippen molar-refractivity contribution in [1.82, 2.24) is 0 Å². The molecule has 0 bridgehead atoms. The van der Waals surface area contributed by atoms with Crippen LogP contribution in [0.4, 0.5) is 0 Å². The Morgan fingerprint density at radius 2 is 1.80 bits per heavy atom. The Balaban J connectivity index is 0.00000200. The van der Waals surface area contributed by atoms with Crippen molar-refractivity contribution in [3.63, 3.8) is 0 Å². The van der Waals surface area contributed by atoms with E-state index in [0.717, 1.165) is 38.4 Å². The van der Waals surface area contributed by atoms with Crippen LogP contribution in [0.5, 0.6) is 0 Å². The molecule has 1 saturated carbocycles. The summed E-state index contributed by atoms with van der Waals surface area (Å²) in [5.74, 6) is 2.04. The van der Waals surface area contributed by atoms with E-state index >= 15 is 0 Å². The van der Waals surface area contributed by atoms with Crippen LogP contribution in [0.3, 0.4) is 0 Å². The summed E-state index contributed by atoms with van der Waals surface area (Å²) in [6.07, 6.45) is 7.39. The zero-order chi connectivity index (χ0) is 13.7. The summed E-state index contributed by atoms with van der Waals surface area (Å²) in [5.41, 5.74) is 0. The second kappa shape index (κ2) is 10.2. The Hall–Kier alpha value is 1.32. The fraction of sp³-hybridized carbons (Fsp3) is 1.00. The second-order valence-corrected chi connectivity index (χ2v) is 6.25. The zero-order valence-electron chi connectivity index (χ0n) is 13.1. The maximum absolute atomic E-state index is 10.5. The van der Waals surface area contributed by atoms with Crippen LogP contribution in [-0.2, 0) is 9.47 Å². The minimum Gasteiger partial charge on any atom is -0.393 e. The number of rotatable bonds is 6. The Morgan fingerprint density at radius 3 is 2.40 bits per heavy atom. The predicted octanol–water partition coefficient (Wildman–Crippen LogP) is 3.35. The standard InChI is InChI=1S/C16H30O3.Ac/c1-3-12-10-13(4-2)14(11-12)15(17)6-7-16-18-8-5-9-19-16;/h12-17H,3-11H2,1-2H3;. The molecule has 4 unspecified atom stereocenters. The summed E-state index contributed by atoms with van der Waals surface area (Å²) in [6, 6.07) is 0. The van der Waals surface area contributed by atoms with E-state index in [1.165, 1.54) is 25.7 Å². The molecule has 1 radical (unpaired) electrons. The van der Waals surface area contributed by atoms with Crippen molar-refractivity contribution in [3.8, 4) is 0 Å². The summed E-state index contributed by atoms with van der Waals surface area (Å²) in [6.45, 7) is 6.14. The molecule has 0 aromatic carbocycles. The van der Waals surface area contributed by atoms with Gasteiger partial charge in [-0.15, -0.1) is 0 Å². The van der Waals surface area contributed by atoms with Gasteiger partial charge in [-0.1, -0.05) is 26.7 Å². The van der Waals surface area contributed by atoms with Crippen molar-refractivity contribution < 1.29 is 58.6 Å². The summed E-state index contributed by atoms with van der Waals surface area (Å²) in [4.78, 5) is 0. The van der Waals surface area contributed by atoms with Crippen LogP contribution < -0.4 is 0 Å². The second-order valence-electron chi connectivity index (χ2n) is 6.25. The fourth-order valence-electron chi connectivity index (χ4n) is 3.77. The third-order valence-electron chi connectivity index (χ3n) is 5.04. The average Bonchev–Trinajstić information content (AvgIpc) is 2.89. The van der Waals surface area contributed by atoms with E-state index in [0.29, 0.717) is 11.8 Å². The van der Waals surface area contributed by atoms with Gasteiger partial charge in [-0.05, 0) is 43.4 Å². The maximum atomic E-state index is 10.5. The molecule has 0 aromatic rings. The molecule has 2 rings (SSSR count). The average molecular weight is 497 g/mol. The molecule has 4 atom stereocenters. The summed E-state index contributed by atoms with van der Waals surface area (Å²) < 4.78 is 11.1. The monoisotopic (exact) mass is 497 g/mol. The first-order valence-corrected chi connectivity index (χ1v) is 8.15. The number of ether oxygens (including phenoxy) is 2. The molecule has 1 saturated heterocycles. The van der Waals surface area contributed by atoms with Gasteiger partial charge in [0.05, 0.1) is 19.3 Å². The van der Waals surface area contributed by atoms with Crippen LogP contribution in [0.1, 0.15) is 58.8 Å². The van der Waals surface area contributed by atoms with Gasteiger partial charge in [-0.2, -0.15) is 0 Å². The smallest absolute Gasteiger partial charge is 0.157 e. The minimum absolute atomic E-state index is 0. The van der Waals surface area contributed by atoms with Crippen LogP contribution in [0.25, 0.3) is 0 Å². The normalized spacial score (nSPS) is 32.9. The van der Waals surface area contributed by atoms with Crippen molar-refractivity contribution in [2.75, 3.05) is 13.2 Å². The molecule has 0 amide bonds. The van der Waals surface area contributed by atoms with E-state index in [-0.39, 0.29) is 56.5 Å². The Kier molecular flexibility index (Phi) is 9.84. The molecule has 1 N–H and O–H groups in total. The number of hydrogen-bond donors (Lipinski definition) is 1. The molecule has 0 aromatic heterocycles. The first kappa shape index (κ1) is 19.4. The molecule has 0 spiro atoms. The minimum atomic E-state index is -0.171. The third-order valence-corrected chi connectivity index (χ3v) is 5.04. The first-order chi connectivity index (χ1) is 9.24. The molecule has 1 aliphatic heterocycles. The molecule has 20 heavy (non-hydrogen) atoms. The first-order valence-electron chi connectivity index (χ1n) is 8.15. The molecule has 3 nitrogen and oxygen atoms in total. The van der Waals surface area contributed by atoms with Crippen molar-refractivity contribution in [2.45, 2.75) is 71.2 Å². The van der Waals surface area contributed by atoms with Gasteiger partial charge in [-0.3, -0.25) is 0 Å². The quantitative estimate of drug-likeness (QED) is 0.612. The van der Waals surface area contributed by atoms with Crippen molar-refractivity contribution in [1.29, 1.82) is 0 Å². The van der Waals surface area contributed by atoms with Crippen LogP contribution >= 0.6 is 0 Å². The van der Waals surface area contributed by atoms with Gasteiger partial charge in [0.1, 0.15) is 0 Å². The maximum Gasteiger partial charge on any atom is 0.157 e. The summed E-state index contributed by atoms with van der Waals surface area (Å²) in [5, 5.41) is 10.5. The SMILES string of the molecule is CCC1CC(CC)C(C(O)CCC2OCCCO2)C1.[Ac]. The molecule has 2 aliphatic rings. The molecule has 115 valence electrons. The van der Waals surface area contributed by atoms with Crippen LogP contribution in [0.2, 0.25) is 0 Å². The number of aliphatic hydroxyl groups excluding tert-OH is 1. The van der Waals surface area contributed by atoms with Gasteiger partial charge in [-0.25, -0.2) is 0 Å². The van der Waals surface area contributed by atoms with Crippen molar-refractivity contribution in [3.05, 3.63) is 0 Å². The molecule has 4 heteroatoms. The van der Waals surface area contributed by atoms with E-state index in [1.807, 2.05) is 0 Å². The van der Waals surface area contributed by atoms with E-state index in [1.54, 1.807) is 0 Å². The fourth-order valence-corrected chi connectivity index (χ4v) is 3.77. The van der Waals surface area contributed by atoms with Crippen molar-refractivity contribution >= 4 is 0 Å². The number of aliphatic hydroxyl groups is 1. The van der Waals surface area contributed by atoms with Gasteiger partial charge in [0.2, 0.25) is 0 Å². The summed E-state index contributed by atoms with van der Waals surface area (Å²) in [7, 11) is 0. The molecular weight excluding hydrogens is 467 g/mol. The third kappa shape index (κ3) is 5.51. The molecule has 2 fully saturated rings. The Morgan fingerprint density at radius 1 is 1.10 bits per heavy atom. The largest absolute Gasteiger partial charge is 0.393 e. The van der Waals surface area contributed by atoms with Crippen LogP contribution in [0, 0.1) is 61.8 Å². The van der Waals surface area contributed by atoms with Crippen LogP contribution in [0.15, 0.2) is 0 Å². The molecular formula is C16H30AcO3. The van der Waals surface area contributed by atoms with E-state index in [4.69, 9.17) is 9.47 Å². The zero-order valence-corrected chi connectivity index (χ0v) is 17.8. The molecule has 1 heterocycles. The predicted molar refractivity (Wildman–Crippen MR) is 75.8 cm³/mol. The van der Waals surface area contributed by atoms with E-state index < -0.39 is 0 Å². The Labute approximate surface area is 159 Å². The summed E-state index contributed by atoms with van der Waals surface area (Å²) >= 11 is 0. The topological polar surface area (TPSA) is 38.7 Å².